The van der Waals surface area contributed by atoms with Gasteiger partial charge >= 0.3 is 12.0 Å². The van der Waals surface area contributed by atoms with Crippen molar-refractivity contribution >= 4 is 34.7 Å². The molecule has 0 bridgehead atoms. The van der Waals surface area contributed by atoms with Gasteiger partial charge < -0.3 is 15.4 Å². The van der Waals surface area contributed by atoms with Crippen molar-refractivity contribution in [2.45, 2.75) is 37.5 Å². The fraction of sp³-hybridized carbons (Fsp3) is 0.292. The number of halogens is 1. The van der Waals surface area contributed by atoms with E-state index in [4.69, 9.17) is 4.74 Å². The maximum Gasteiger partial charge on any atom is 0.323 e. The molecule has 4 rings (SSSR count). The Morgan fingerprint density at radius 2 is 1.75 bits per heavy atom. The smallest absolute Gasteiger partial charge is 0.323 e. The third-order valence-electron chi connectivity index (χ3n) is 5.71. The first-order valence-electron chi connectivity index (χ1n) is 10.5. The van der Waals surface area contributed by atoms with E-state index in [9.17, 15) is 14.0 Å². The molecule has 0 spiro atoms. The Kier molecular flexibility index (Phi) is 6.50. The lowest BCUT2D eigenvalue weighted by Crippen LogP contribution is -2.38. The molecule has 166 valence electrons. The minimum absolute atomic E-state index is 0.207. The van der Waals surface area contributed by atoms with E-state index in [1.807, 2.05) is 12.1 Å². The number of ether oxygens (including phenoxy) is 1. The van der Waals surface area contributed by atoms with Crippen LogP contribution in [0.3, 0.4) is 0 Å². The van der Waals surface area contributed by atoms with Crippen molar-refractivity contribution in [3.63, 3.8) is 0 Å². The Balaban J connectivity index is 1.46. The van der Waals surface area contributed by atoms with Crippen molar-refractivity contribution in [3.8, 4) is 10.4 Å². The monoisotopic (exact) mass is 453 g/mol. The average molecular weight is 454 g/mol. The summed E-state index contributed by atoms with van der Waals surface area (Å²) in [7, 11) is 1.43. The van der Waals surface area contributed by atoms with Gasteiger partial charge in [0.1, 0.15) is 16.2 Å². The first kappa shape index (κ1) is 22.0. The predicted molar refractivity (Wildman–Crippen MR) is 123 cm³/mol. The number of benzene rings is 2. The molecule has 0 radical (unpaired) electrons. The van der Waals surface area contributed by atoms with Crippen molar-refractivity contribution in [3.05, 3.63) is 65.6 Å². The molecule has 1 aromatic heterocycles. The van der Waals surface area contributed by atoms with Gasteiger partial charge in [0.05, 0.1) is 12.0 Å². The Hall–Kier alpha value is -3.26. The minimum atomic E-state index is -0.646. The number of anilines is 2. The van der Waals surface area contributed by atoms with E-state index in [0.717, 1.165) is 47.6 Å². The molecular weight excluding hydrogens is 429 g/mol. The average Bonchev–Trinajstić information content (AvgIpc) is 3.30. The van der Waals surface area contributed by atoms with Gasteiger partial charge in [-0.1, -0.05) is 37.5 Å². The SMILES string of the molecule is COC(=O)C1(c2ncc(-c3ccc(NC(=O)Nc4cccc(F)c4)cc3)s2)CCCCC1. The second-order valence-corrected chi connectivity index (χ2v) is 8.86. The van der Waals surface area contributed by atoms with Crippen LogP contribution >= 0.6 is 11.3 Å². The highest BCUT2D eigenvalue weighted by Gasteiger charge is 2.44. The van der Waals surface area contributed by atoms with Gasteiger partial charge in [-0.3, -0.25) is 4.79 Å². The fourth-order valence-electron chi connectivity index (χ4n) is 4.06. The van der Waals surface area contributed by atoms with Crippen molar-refractivity contribution in [1.82, 2.24) is 4.98 Å². The van der Waals surface area contributed by atoms with E-state index in [2.05, 4.69) is 15.6 Å². The number of urea groups is 1. The third-order valence-corrected chi connectivity index (χ3v) is 6.96. The van der Waals surface area contributed by atoms with Crippen LogP contribution in [0.1, 0.15) is 37.1 Å². The molecular formula is C24H24FN3O3S. The van der Waals surface area contributed by atoms with Crippen LogP contribution in [0.15, 0.2) is 54.7 Å². The number of hydrogen-bond donors (Lipinski definition) is 2. The highest BCUT2D eigenvalue weighted by atomic mass is 32.1. The summed E-state index contributed by atoms with van der Waals surface area (Å²) in [6.07, 6.45) is 6.41. The summed E-state index contributed by atoms with van der Waals surface area (Å²) >= 11 is 1.51. The van der Waals surface area contributed by atoms with E-state index in [1.54, 1.807) is 24.4 Å². The molecule has 1 heterocycles. The number of carbonyl (C=O) groups excluding carboxylic acids is 2. The Bertz CT molecular complexity index is 1110. The number of hydrogen-bond acceptors (Lipinski definition) is 5. The quantitative estimate of drug-likeness (QED) is 0.467. The van der Waals surface area contributed by atoms with Crippen molar-refractivity contribution < 1.29 is 18.7 Å². The zero-order chi connectivity index (χ0) is 22.6. The number of nitrogens with zero attached hydrogens (tertiary/aromatic N) is 1. The van der Waals surface area contributed by atoms with Crippen molar-refractivity contribution in [2.75, 3.05) is 17.7 Å². The molecule has 2 N–H and O–H groups in total. The van der Waals surface area contributed by atoms with Crippen LogP contribution in [0.25, 0.3) is 10.4 Å². The Morgan fingerprint density at radius 3 is 2.44 bits per heavy atom. The van der Waals surface area contributed by atoms with Crippen LogP contribution in [-0.4, -0.2) is 24.1 Å². The largest absolute Gasteiger partial charge is 0.468 e. The molecule has 6 nitrogen and oxygen atoms in total. The van der Waals surface area contributed by atoms with Gasteiger partial charge in [-0.15, -0.1) is 11.3 Å². The maximum atomic E-state index is 13.3. The summed E-state index contributed by atoms with van der Waals surface area (Å²) in [6, 6.07) is 12.6. The van der Waals surface area contributed by atoms with Gasteiger partial charge in [-0.25, -0.2) is 14.2 Å². The number of methoxy groups -OCH3 is 1. The second kappa shape index (κ2) is 9.48. The van der Waals surface area contributed by atoms with E-state index in [-0.39, 0.29) is 5.97 Å². The summed E-state index contributed by atoms with van der Waals surface area (Å²) in [5.74, 6) is -0.625. The van der Waals surface area contributed by atoms with E-state index >= 15 is 0 Å². The van der Waals surface area contributed by atoms with E-state index in [0.29, 0.717) is 11.4 Å². The third kappa shape index (κ3) is 4.65. The van der Waals surface area contributed by atoms with Gasteiger partial charge in [0, 0.05) is 17.6 Å². The van der Waals surface area contributed by atoms with Gasteiger partial charge in [0.15, 0.2) is 0 Å². The highest BCUT2D eigenvalue weighted by molar-refractivity contribution is 7.15. The van der Waals surface area contributed by atoms with Gasteiger partial charge in [-0.05, 0) is 48.7 Å². The molecule has 1 aliphatic carbocycles. The molecule has 0 atom stereocenters. The topological polar surface area (TPSA) is 80.3 Å². The van der Waals surface area contributed by atoms with Crippen LogP contribution in [0.4, 0.5) is 20.6 Å². The standard InChI is InChI=1S/C24H24FN3O3S/c1-31-22(29)24(12-3-2-4-13-24)21-26-15-20(32-21)16-8-10-18(11-9-16)27-23(30)28-19-7-5-6-17(25)14-19/h5-11,14-15H,2-4,12-13H2,1H3,(H2,27,28,30). The molecule has 3 aromatic rings. The van der Waals surface area contributed by atoms with Crippen LogP contribution < -0.4 is 10.6 Å². The number of rotatable bonds is 5. The summed E-state index contributed by atoms with van der Waals surface area (Å²) in [5, 5.41) is 6.13. The molecule has 1 aliphatic rings. The number of carbonyl (C=O) groups is 2. The fourth-order valence-corrected chi connectivity index (χ4v) is 5.22. The lowest BCUT2D eigenvalue weighted by molar-refractivity contribution is -0.149. The molecule has 1 saturated carbocycles. The molecule has 0 aliphatic heterocycles. The summed E-state index contributed by atoms with van der Waals surface area (Å²) in [4.78, 5) is 30.3. The first-order chi connectivity index (χ1) is 15.5. The predicted octanol–water partition coefficient (Wildman–Crippen LogP) is 5.97. The van der Waals surface area contributed by atoms with Gasteiger partial charge in [0.25, 0.3) is 0 Å². The van der Waals surface area contributed by atoms with E-state index in [1.165, 1.54) is 36.6 Å². The van der Waals surface area contributed by atoms with Crippen molar-refractivity contribution in [2.24, 2.45) is 0 Å². The minimum Gasteiger partial charge on any atom is -0.468 e. The summed E-state index contributed by atoms with van der Waals surface area (Å²) < 4.78 is 18.4. The van der Waals surface area contributed by atoms with Crippen LogP contribution in [0.5, 0.6) is 0 Å². The first-order valence-corrected chi connectivity index (χ1v) is 11.3. The Labute approximate surface area is 189 Å². The lowest BCUT2D eigenvalue weighted by Gasteiger charge is -2.32. The highest BCUT2D eigenvalue weighted by Crippen LogP contribution is 2.43. The lowest BCUT2D eigenvalue weighted by atomic mass is 9.74. The maximum absolute atomic E-state index is 13.3. The molecule has 8 heteroatoms. The molecule has 0 unspecified atom stereocenters. The zero-order valence-corrected chi connectivity index (χ0v) is 18.5. The van der Waals surface area contributed by atoms with Crippen molar-refractivity contribution in [1.29, 1.82) is 0 Å². The zero-order valence-electron chi connectivity index (χ0n) is 17.7. The van der Waals surface area contributed by atoms with Gasteiger partial charge in [0.2, 0.25) is 0 Å². The summed E-state index contributed by atoms with van der Waals surface area (Å²) in [5.41, 5.74) is 1.27. The molecule has 2 aromatic carbocycles. The van der Waals surface area contributed by atoms with Crippen LogP contribution in [-0.2, 0) is 14.9 Å². The number of aromatic nitrogens is 1. The van der Waals surface area contributed by atoms with Crippen LogP contribution in [0.2, 0.25) is 0 Å². The normalized spacial score (nSPS) is 15.1. The molecule has 2 amide bonds. The molecule has 0 saturated heterocycles. The number of thiazole rings is 1. The van der Waals surface area contributed by atoms with Crippen LogP contribution in [0, 0.1) is 5.82 Å². The Morgan fingerprint density at radius 1 is 1.03 bits per heavy atom. The number of esters is 1. The summed E-state index contributed by atoms with van der Waals surface area (Å²) in [6.45, 7) is 0. The van der Waals surface area contributed by atoms with Gasteiger partial charge in [-0.2, -0.15) is 0 Å². The molecule has 32 heavy (non-hydrogen) atoms. The van der Waals surface area contributed by atoms with E-state index < -0.39 is 17.3 Å². The number of amides is 2. The second-order valence-electron chi connectivity index (χ2n) is 7.83. The number of nitrogens with one attached hydrogen (secondary N) is 2. The molecule has 1 fully saturated rings.